The van der Waals surface area contributed by atoms with Gasteiger partial charge in [0.15, 0.2) is 0 Å². The third kappa shape index (κ3) is 2.53. The largest absolute Gasteiger partial charge is 0.377 e. The van der Waals surface area contributed by atoms with Crippen LogP contribution >= 0.6 is 0 Å². The fourth-order valence-electron chi connectivity index (χ4n) is 1.83. The maximum Gasteiger partial charge on any atom is 0.0431 e. The van der Waals surface area contributed by atoms with Crippen molar-refractivity contribution in [3.8, 4) is 0 Å². The van der Waals surface area contributed by atoms with Gasteiger partial charge in [-0.2, -0.15) is 0 Å². The Balaban J connectivity index is 3.55. The fourth-order valence-corrected chi connectivity index (χ4v) is 1.83. The van der Waals surface area contributed by atoms with Gasteiger partial charge in [-0.25, -0.2) is 0 Å². The van der Waals surface area contributed by atoms with Gasteiger partial charge in [-0.05, 0) is 22.9 Å². The van der Waals surface area contributed by atoms with Gasteiger partial charge in [-0.3, -0.25) is 0 Å². The fraction of sp³-hybridized carbons (Fsp3) is 0.571. The van der Waals surface area contributed by atoms with Crippen molar-refractivity contribution in [2.45, 2.75) is 39.5 Å². The first-order valence-electron chi connectivity index (χ1n) is 6.36. The van der Waals surface area contributed by atoms with Gasteiger partial charge in [0.1, 0.15) is 0 Å². The van der Waals surface area contributed by atoms with Crippen molar-refractivity contribution in [3.05, 3.63) is 29.3 Å². The third-order valence-electron chi connectivity index (χ3n) is 2.56. The van der Waals surface area contributed by atoms with Gasteiger partial charge in [0.25, 0.3) is 0 Å². The molecular weight excluding hydrogens is 182 g/mol. The number of benzene rings is 1. The maximum atomic E-state index is 8.22. The summed E-state index contributed by atoms with van der Waals surface area (Å²) in [6, 6.07) is 5.92. The second-order valence-corrected chi connectivity index (χ2v) is 4.60. The maximum absolute atomic E-state index is 8.22. The molecule has 0 unspecified atom stereocenters. The van der Waals surface area contributed by atoms with E-state index in [9.17, 15) is 0 Å². The highest BCUT2D eigenvalue weighted by atomic mass is 15.1. The molecule has 0 atom stereocenters. The molecule has 1 heteroatoms. The molecule has 1 nitrogen and oxygen atoms in total. The molecule has 0 spiro atoms. The Morgan fingerprint density at radius 2 is 1.40 bits per heavy atom. The van der Waals surface area contributed by atoms with Crippen LogP contribution in [0.2, 0.25) is 0 Å². The summed E-state index contributed by atoms with van der Waals surface area (Å²) in [4.78, 5) is 2.01. The number of anilines is 1. The lowest BCUT2D eigenvalue weighted by molar-refractivity contribution is 0.822. The third-order valence-corrected chi connectivity index (χ3v) is 2.56. The summed E-state index contributed by atoms with van der Waals surface area (Å²) in [6.45, 7) is 7.54. The van der Waals surface area contributed by atoms with Crippen molar-refractivity contribution in [1.29, 1.82) is 0 Å². The summed E-state index contributed by atoms with van der Waals surface area (Å²) in [5.74, 6) is -1.30. The summed E-state index contributed by atoms with van der Waals surface area (Å²) in [5.41, 5.74) is 2.95. The van der Waals surface area contributed by atoms with Gasteiger partial charge in [-0.15, -0.1) is 0 Å². The van der Waals surface area contributed by atoms with E-state index in [0.29, 0.717) is 0 Å². The highest BCUT2D eigenvalue weighted by Crippen LogP contribution is 2.33. The van der Waals surface area contributed by atoms with E-state index < -0.39 is 11.8 Å². The van der Waals surface area contributed by atoms with Gasteiger partial charge in [0.05, 0.1) is 0 Å². The van der Waals surface area contributed by atoms with Crippen LogP contribution in [0.25, 0.3) is 0 Å². The lowest BCUT2D eigenvalue weighted by atomic mass is 9.92. The zero-order valence-electron chi connectivity index (χ0n) is 12.7. The van der Waals surface area contributed by atoms with Crippen molar-refractivity contribution in [3.63, 3.8) is 0 Å². The molecule has 0 aliphatic heterocycles. The first kappa shape index (κ1) is 9.26. The Hall–Kier alpha value is -0.980. The molecule has 0 amide bonds. The lowest BCUT2D eigenvalue weighted by Gasteiger charge is -2.25. The van der Waals surface area contributed by atoms with E-state index in [4.69, 9.17) is 2.74 Å². The molecule has 84 valence electrons. The zero-order valence-corrected chi connectivity index (χ0v) is 10.7. The second-order valence-electron chi connectivity index (χ2n) is 4.60. The first-order valence-corrected chi connectivity index (χ1v) is 5.36. The quantitative estimate of drug-likeness (QED) is 0.724. The Labute approximate surface area is 96.9 Å². The van der Waals surface area contributed by atoms with Crippen LogP contribution in [0.15, 0.2) is 18.2 Å². The van der Waals surface area contributed by atoms with E-state index >= 15 is 0 Å². The van der Waals surface area contributed by atoms with E-state index in [1.165, 1.54) is 0 Å². The molecule has 0 bridgehead atoms. The Morgan fingerprint density at radius 3 is 1.67 bits per heavy atom. The van der Waals surface area contributed by atoms with Gasteiger partial charge >= 0.3 is 0 Å². The molecule has 0 aliphatic carbocycles. The Morgan fingerprint density at radius 1 is 1.00 bits per heavy atom. The SMILES string of the molecule is [2H]C(C)(C)c1cccc(C([2H])(C)C)c1N(C)C. The number of para-hydroxylation sites is 1. The molecule has 0 heterocycles. The van der Waals surface area contributed by atoms with Crippen LogP contribution in [0.5, 0.6) is 0 Å². The second kappa shape index (κ2) is 4.69. The molecule has 1 rings (SSSR count). The van der Waals surface area contributed by atoms with E-state index in [1.807, 2.05) is 64.9 Å². The minimum Gasteiger partial charge on any atom is -0.377 e. The van der Waals surface area contributed by atoms with Crippen LogP contribution in [0.3, 0.4) is 0 Å². The molecular formula is C14H23N. The smallest absolute Gasteiger partial charge is 0.0431 e. The van der Waals surface area contributed by atoms with Crippen molar-refractivity contribution >= 4 is 5.69 Å². The minimum atomic E-state index is -0.652. The average Bonchev–Trinajstić information content (AvgIpc) is 2.13. The highest BCUT2D eigenvalue weighted by molar-refractivity contribution is 5.61. The Bertz CT molecular complexity index is 365. The lowest BCUT2D eigenvalue weighted by Crippen LogP contribution is -2.15. The van der Waals surface area contributed by atoms with E-state index in [1.54, 1.807) is 0 Å². The summed E-state index contributed by atoms with van der Waals surface area (Å²) in [5, 5.41) is 0. The molecule has 0 aliphatic rings. The topological polar surface area (TPSA) is 3.24 Å². The van der Waals surface area contributed by atoms with Crippen LogP contribution in [-0.2, 0) is 0 Å². The van der Waals surface area contributed by atoms with E-state index in [-0.39, 0.29) is 0 Å². The van der Waals surface area contributed by atoms with Crippen LogP contribution in [0.1, 0.15) is 53.4 Å². The minimum absolute atomic E-state index is 0.652. The summed E-state index contributed by atoms with van der Waals surface area (Å²) in [6.07, 6.45) is 0. The van der Waals surface area contributed by atoms with Crippen LogP contribution in [0, 0.1) is 0 Å². The molecule has 0 radical (unpaired) electrons. The number of hydrogen-bond acceptors (Lipinski definition) is 1. The van der Waals surface area contributed by atoms with Gasteiger partial charge in [0, 0.05) is 22.5 Å². The number of rotatable bonds is 3. The first-order chi connectivity index (χ1) is 7.55. The monoisotopic (exact) mass is 207 g/mol. The molecule has 0 saturated carbocycles. The van der Waals surface area contributed by atoms with Gasteiger partial charge in [0.2, 0.25) is 0 Å². The van der Waals surface area contributed by atoms with Gasteiger partial charge < -0.3 is 4.90 Å². The zero-order chi connectivity index (χ0) is 13.4. The van der Waals surface area contributed by atoms with Gasteiger partial charge in [-0.1, -0.05) is 45.9 Å². The molecule has 1 aromatic rings. The summed E-state index contributed by atoms with van der Waals surface area (Å²) in [7, 11) is 3.94. The molecule has 15 heavy (non-hydrogen) atoms. The van der Waals surface area contributed by atoms with Crippen molar-refractivity contribution in [2.75, 3.05) is 19.0 Å². The van der Waals surface area contributed by atoms with E-state index in [2.05, 4.69) is 0 Å². The van der Waals surface area contributed by atoms with Crippen molar-refractivity contribution in [1.82, 2.24) is 0 Å². The van der Waals surface area contributed by atoms with Crippen LogP contribution in [0.4, 0.5) is 5.69 Å². The molecule has 0 fully saturated rings. The van der Waals surface area contributed by atoms with Crippen molar-refractivity contribution < 1.29 is 2.74 Å². The average molecular weight is 207 g/mol. The van der Waals surface area contributed by atoms with E-state index in [0.717, 1.165) is 16.8 Å². The molecule has 0 aromatic heterocycles. The molecule has 1 aromatic carbocycles. The van der Waals surface area contributed by atoms with Crippen LogP contribution in [-0.4, -0.2) is 14.1 Å². The Kier molecular flexibility index (Phi) is 2.90. The standard InChI is InChI=1S/C14H23N/c1-10(2)12-8-7-9-13(11(3)4)14(12)15(5)6/h7-11H,1-6H3/i10D,11D. The predicted molar refractivity (Wildman–Crippen MR) is 68.9 cm³/mol. The normalized spacial score (nSPS) is 14.5. The summed E-state index contributed by atoms with van der Waals surface area (Å²) >= 11 is 0. The van der Waals surface area contributed by atoms with Crippen LogP contribution < -0.4 is 4.90 Å². The van der Waals surface area contributed by atoms with Crippen molar-refractivity contribution in [2.24, 2.45) is 0 Å². The summed E-state index contributed by atoms with van der Waals surface area (Å²) < 4.78 is 16.4. The predicted octanol–water partition coefficient (Wildman–Crippen LogP) is 4.00. The molecule has 0 saturated heterocycles. The highest BCUT2D eigenvalue weighted by Gasteiger charge is 2.14. The number of hydrogen-bond donors (Lipinski definition) is 0. The molecule has 0 N–H and O–H groups in total. The number of nitrogens with zero attached hydrogens (tertiary/aromatic N) is 1.